The van der Waals surface area contributed by atoms with Crippen LogP contribution in [-0.4, -0.2) is 20.4 Å². The minimum atomic E-state index is -4.05. The predicted molar refractivity (Wildman–Crippen MR) is 128 cm³/mol. The molecule has 2 N–H and O–H groups in total. The molecule has 0 saturated carbocycles. The van der Waals surface area contributed by atoms with Gasteiger partial charge in [0.15, 0.2) is 0 Å². The summed E-state index contributed by atoms with van der Waals surface area (Å²) >= 11 is 5.78. The second kappa shape index (κ2) is 9.70. The van der Waals surface area contributed by atoms with Gasteiger partial charge in [0.05, 0.1) is 10.6 Å². The second-order valence-electron chi connectivity index (χ2n) is 7.49. The van der Waals surface area contributed by atoms with Crippen molar-refractivity contribution in [2.24, 2.45) is 0 Å². The first-order valence-electron chi connectivity index (χ1n) is 10.1. The molecule has 33 heavy (non-hydrogen) atoms. The van der Waals surface area contributed by atoms with E-state index in [4.69, 9.17) is 11.6 Å². The third-order valence-electron chi connectivity index (χ3n) is 5.12. The van der Waals surface area contributed by atoms with Crippen LogP contribution in [-0.2, 0) is 21.2 Å². The zero-order valence-electron chi connectivity index (χ0n) is 17.3. The summed E-state index contributed by atoms with van der Waals surface area (Å²) in [5, 5.41) is 4.30. The van der Waals surface area contributed by atoms with Crippen molar-refractivity contribution in [3.63, 3.8) is 0 Å². The number of nitrogens with one attached hydrogen (secondary N) is 2. The lowest BCUT2D eigenvalue weighted by Crippen LogP contribution is -2.45. The average molecular weight is 483 g/mol. The summed E-state index contributed by atoms with van der Waals surface area (Å²) in [6, 6.07) is 23.7. The van der Waals surface area contributed by atoms with Gasteiger partial charge in [0.2, 0.25) is 15.9 Å². The third kappa shape index (κ3) is 5.57. The Labute approximate surface area is 196 Å². The number of amides is 1. The normalized spacial score (nSPS) is 12.4. The maximum Gasteiger partial charge on any atom is 0.242 e. The molecule has 1 atom stereocenters. The highest BCUT2D eigenvalue weighted by molar-refractivity contribution is 7.89. The summed E-state index contributed by atoms with van der Waals surface area (Å²) in [5.41, 5.74) is 0.655. The first-order chi connectivity index (χ1) is 15.8. The molecule has 0 aliphatic carbocycles. The zero-order valence-corrected chi connectivity index (χ0v) is 18.9. The molecule has 0 saturated heterocycles. The summed E-state index contributed by atoms with van der Waals surface area (Å²) in [6.45, 7) is 0. The molecule has 0 heterocycles. The van der Waals surface area contributed by atoms with Gasteiger partial charge in [-0.2, -0.15) is 4.72 Å². The summed E-state index contributed by atoms with van der Waals surface area (Å²) < 4.78 is 43.0. The van der Waals surface area contributed by atoms with E-state index in [1.165, 1.54) is 18.2 Å². The number of anilines is 1. The molecule has 0 aromatic heterocycles. The third-order valence-corrected chi connectivity index (χ3v) is 6.82. The number of halogens is 2. The molecule has 0 radical (unpaired) electrons. The second-order valence-corrected chi connectivity index (χ2v) is 9.64. The molecular weight excluding hydrogens is 463 g/mol. The number of carbonyl (C=O) groups is 1. The van der Waals surface area contributed by atoms with Gasteiger partial charge in [0.1, 0.15) is 11.9 Å². The van der Waals surface area contributed by atoms with E-state index in [0.717, 1.165) is 22.4 Å². The van der Waals surface area contributed by atoms with Gasteiger partial charge in [-0.05, 0) is 53.1 Å². The van der Waals surface area contributed by atoms with Crippen LogP contribution >= 0.6 is 11.6 Å². The number of hydrogen-bond acceptors (Lipinski definition) is 3. The number of hydrogen-bond donors (Lipinski definition) is 2. The number of benzene rings is 4. The predicted octanol–water partition coefficient (Wildman–Crippen LogP) is 5.16. The van der Waals surface area contributed by atoms with Crippen molar-refractivity contribution >= 4 is 44.0 Å². The van der Waals surface area contributed by atoms with Crippen LogP contribution in [0.3, 0.4) is 0 Å². The monoisotopic (exact) mass is 482 g/mol. The van der Waals surface area contributed by atoms with Crippen LogP contribution in [0.2, 0.25) is 5.02 Å². The molecule has 4 aromatic rings. The van der Waals surface area contributed by atoms with Gasteiger partial charge in [-0.3, -0.25) is 4.79 Å². The summed E-state index contributed by atoms with van der Waals surface area (Å²) in [5.74, 6) is -1.41. The molecule has 0 spiro atoms. The van der Waals surface area contributed by atoms with E-state index < -0.39 is 27.8 Å². The Morgan fingerprint density at radius 2 is 1.58 bits per heavy atom. The summed E-state index contributed by atoms with van der Waals surface area (Å²) in [6.07, 6.45) is 0.0781. The Kier molecular flexibility index (Phi) is 6.74. The molecule has 0 fully saturated rings. The SMILES string of the molecule is O=C(Nc1ccc(Cl)cc1F)[C@H](Cc1ccccc1)NS(=O)(=O)c1ccc2ccccc2c1. The number of fused-ring (bicyclic) bond motifs is 1. The number of carbonyl (C=O) groups excluding carboxylic acids is 1. The molecule has 0 unspecified atom stereocenters. The van der Waals surface area contributed by atoms with Crippen LogP contribution in [0, 0.1) is 5.82 Å². The average Bonchev–Trinajstić information content (AvgIpc) is 2.80. The summed E-state index contributed by atoms with van der Waals surface area (Å²) in [7, 11) is -4.05. The van der Waals surface area contributed by atoms with Crippen LogP contribution in [0.25, 0.3) is 10.8 Å². The topological polar surface area (TPSA) is 75.3 Å². The van der Waals surface area contributed by atoms with Crippen molar-refractivity contribution in [3.8, 4) is 0 Å². The minimum Gasteiger partial charge on any atom is -0.322 e. The highest BCUT2D eigenvalue weighted by Gasteiger charge is 2.27. The van der Waals surface area contributed by atoms with Crippen molar-refractivity contribution in [3.05, 3.63) is 107 Å². The van der Waals surface area contributed by atoms with Crippen molar-refractivity contribution in [1.82, 2.24) is 4.72 Å². The quantitative estimate of drug-likeness (QED) is 0.382. The van der Waals surface area contributed by atoms with Gasteiger partial charge in [-0.25, -0.2) is 12.8 Å². The lowest BCUT2D eigenvalue weighted by molar-refractivity contribution is -0.117. The van der Waals surface area contributed by atoms with Gasteiger partial charge in [-0.1, -0.05) is 72.3 Å². The highest BCUT2D eigenvalue weighted by Crippen LogP contribution is 2.21. The maximum absolute atomic E-state index is 14.2. The molecule has 168 valence electrons. The molecule has 8 heteroatoms. The van der Waals surface area contributed by atoms with Crippen molar-refractivity contribution in [2.45, 2.75) is 17.4 Å². The molecule has 0 aliphatic heterocycles. The van der Waals surface area contributed by atoms with E-state index in [2.05, 4.69) is 10.0 Å². The smallest absolute Gasteiger partial charge is 0.242 e. The fourth-order valence-corrected chi connectivity index (χ4v) is 4.83. The lowest BCUT2D eigenvalue weighted by atomic mass is 10.1. The van der Waals surface area contributed by atoms with Gasteiger partial charge < -0.3 is 5.32 Å². The van der Waals surface area contributed by atoms with E-state index in [9.17, 15) is 17.6 Å². The van der Waals surface area contributed by atoms with Crippen molar-refractivity contribution in [1.29, 1.82) is 0 Å². The van der Waals surface area contributed by atoms with Crippen LogP contribution in [0.4, 0.5) is 10.1 Å². The lowest BCUT2D eigenvalue weighted by Gasteiger charge is -2.19. The minimum absolute atomic E-state index is 0.0322. The summed E-state index contributed by atoms with van der Waals surface area (Å²) in [4.78, 5) is 13.1. The van der Waals surface area contributed by atoms with Gasteiger partial charge in [0.25, 0.3) is 0 Å². The Morgan fingerprint density at radius 3 is 2.30 bits per heavy atom. The fourth-order valence-electron chi connectivity index (χ4n) is 3.44. The first-order valence-corrected chi connectivity index (χ1v) is 12.0. The van der Waals surface area contributed by atoms with Crippen molar-refractivity contribution < 1.29 is 17.6 Å². The standard InChI is InChI=1S/C25H20ClFN2O3S/c26-20-11-13-23(22(27)16-20)28-25(30)24(14-17-6-2-1-3-7-17)29-33(31,32)21-12-10-18-8-4-5-9-19(18)15-21/h1-13,15-16,24,29H,14H2,(H,28,30)/t24-/m0/s1. The van der Waals surface area contributed by atoms with E-state index in [0.29, 0.717) is 0 Å². The van der Waals surface area contributed by atoms with E-state index in [-0.39, 0.29) is 22.0 Å². The maximum atomic E-state index is 14.2. The first kappa shape index (κ1) is 22.9. The molecule has 5 nitrogen and oxygen atoms in total. The largest absolute Gasteiger partial charge is 0.322 e. The Bertz CT molecular complexity index is 1410. The van der Waals surface area contributed by atoms with E-state index >= 15 is 0 Å². The van der Waals surface area contributed by atoms with E-state index in [1.54, 1.807) is 36.4 Å². The number of sulfonamides is 1. The fraction of sp³-hybridized carbons (Fsp3) is 0.0800. The van der Waals surface area contributed by atoms with Gasteiger partial charge in [-0.15, -0.1) is 0 Å². The molecule has 4 rings (SSSR count). The molecule has 1 amide bonds. The van der Waals surface area contributed by atoms with Crippen LogP contribution in [0.5, 0.6) is 0 Å². The molecule has 0 bridgehead atoms. The number of rotatable bonds is 7. The molecule has 0 aliphatic rings. The molecule has 4 aromatic carbocycles. The van der Waals surface area contributed by atoms with Gasteiger partial charge in [0, 0.05) is 5.02 Å². The van der Waals surface area contributed by atoms with Gasteiger partial charge >= 0.3 is 0 Å². The van der Waals surface area contributed by atoms with Crippen LogP contribution in [0.1, 0.15) is 5.56 Å². The Balaban J connectivity index is 1.63. The highest BCUT2D eigenvalue weighted by atomic mass is 35.5. The van der Waals surface area contributed by atoms with Crippen LogP contribution < -0.4 is 10.0 Å². The Hall–Kier alpha value is -3.26. The zero-order chi connectivity index (χ0) is 23.4. The molecular formula is C25H20ClFN2O3S. The van der Waals surface area contributed by atoms with E-state index in [1.807, 2.05) is 30.3 Å². The van der Waals surface area contributed by atoms with Crippen molar-refractivity contribution in [2.75, 3.05) is 5.32 Å². The Morgan fingerprint density at radius 1 is 0.879 bits per heavy atom. The van der Waals surface area contributed by atoms with Crippen LogP contribution in [0.15, 0.2) is 95.9 Å².